The van der Waals surface area contributed by atoms with Crippen LogP contribution in [-0.4, -0.2) is 30.4 Å². The number of carbonyl (C=O) groups excluding carboxylic acids is 1. The van der Waals surface area contributed by atoms with E-state index in [0.717, 1.165) is 0 Å². The van der Waals surface area contributed by atoms with Crippen molar-refractivity contribution in [1.82, 2.24) is 4.90 Å². The van der Waals surface area contributed by atoms with Gasteiger partial charge < -0.3 is 5.73 Å². The van der Waals surface area contributed by atoms with Crippen molar-refractivity contribution >= 4 is 5.78 Å². The van der Waals surface area contributed by atoms with Crippen LogP contribution in [0.2, 0.25) is 0 Å². The number of ketones is 1. The Hall–Kier alpha value is -0.670. The summed E-state index contributed by atoms with van der Waals surface area (Å²) in [5.41, 5.74) is 5.52. The minimum Gasteiger partial charge on any atom is -0.307 e. The van der Waals surface area contributed by atoms with Crippen molar-refractivity contribution < 1.29 is 4.79 Å². The Morgan fingerprint density at radius 2 is 2.00 bits per heavy atom. The first kappa shape index (κ1) is 11.3. The molecule has 0 saturated carbocycles. The number of Topliss-reactive ketones (excluding diaryl/α,β-unsaturated/α-hetero) is 1. The second-order valence-electron chi connectivity index (χ2n) is 3.28. The number of nitrogens with two attached hydrogens (primary N) is 1. The average Bonchev–Trinajstić information content (AvgIpc) is 2.01. The fourth-order valence-corrected chi connectivity index (χ4v) is 1.05. The van der Waals surface area contributed by atoms with Crippen molar-refractivity contribution in [1.29, 1.82) is 0 Å². The smallest absolute Gasteiger partial charge is 0.192 e. The van der Waals surface area contributed by atoms with E-state index in [1.165, 1.54) is 0 Å². The van der Waals surface area contributed by atoms with E-state index >= 15 is 0 Å². The second-order valence-corrected chi connectivity index (χ2v) is 3.28. The molecule has 0 amide bonds. The fraction of sp³-hybridized carbons (Fsp3) is 0.667. The van der Waals surface area contributed by atoms with E-state index in [9.17, 15) is 4.79 Å². The summed E-state index contributed by atoms with van der Waals surface area (Å²) in [5, 5.41) is 0. The molecule has 70 valence electrons. The van der Waals surface area contributed by atoms with Gasteiger partial charge in [-0.25, -0.2) is 0 Å². The molecular formula is C9H18N2O. The minimum atomic E-state index is -0.883. The number of nitrogens with zero attached hydrogens (tertiary/aromatic N) is 1. The molecule has 0 fully saturated rings. The number of hydrogen-bond donors (Lipinski definition) is 1. The van der Waals surface area contributed by atoms with Gasteiger partial charge in [-0.15, -0.1) is 0 Å². The van der Waals surface area contributed by atoms with Gasteiger partial charge in [-0.3, -0.25) is 9.69 Å². The molecule has 3 heteroatoms. The van der Waals surface area contributed by atoms with Crippen molar-refractivity contribution in [3.05, 3.63) is 12.2 Å². The predicted molar refractivity (Wildman–Crippen MR) is 50.7 cm³/mol. The van der Waals surface area contributed by atoms with E-state index in [4.69, 9.17) is 5.73 Å². The van der Waals surface area contributed by atoms with Gasteiger partial charge >= 0.3 is 0 Å². The Morgan fingerprint density at radius 3 is 2.08 bits per heavy atom. The number of likely N-dealkylation sites (N-methyl/N-ethyl adjacent to an activating group) is 1. The highest BCUT2D eigenvalue weighted by Gasteiger charge is 2.34. The van der Waals surface area contributed by atoms with Gasteiger partial charge in [0.25, 0.3) is 0 Å². The third kappa shape index (κ3) is 1.93. The summed E-state index contributed by atoms with van der Waals surface area (Å²) in [6.45, 7) is 7.17. The van der Waals surface area contributed by atoms with Crippen molar-refractivity contribution in [3.63, 3.8) is 0 Å². The van der Waals surface area contributed by atoms with Gasteiger partial charge in [-0.1, -0.05) is 13.5 Å². The van der Waals surface area contributed by atoms with E-state index in [1.54, 1.807) is 25.9 Å². The zero-order chi connectivity index (χ0) is 9.94. The van der Waals surface area contributed by atoms with Crippen molar-refractivity contribution in [2.45, 2.75) is 25.9 Å². The topological polar surface area (TPSA) is 46.3 Å². The summed E-state index contributed by atoms with van der Waals surface area (Å²) in [6, 6.07) is 0. The van der Waals surface area contributed by atoms with E-state index in [-0.39, 0.29) is 5.78 Å². The van der Waals surface area contributed by atoms with Crippen molar-refractivity contribution in [3.8, 4) is 0 Å². The zero-order valence-corrected chi connectivity index (χ0v) is 8.35. The predicted octanol–water partition coefficient (Wildman–Crippen LogP) is 0.758. The summed E-state index contributed by atoms with van der Waals surface area (Å²) in [6.07, 6.45) is 0.589. The SMILES string of the molecule is C=C(C)C(=O)C(N)(CC)N(C)C. The lowest BCUT2D eigenvalue weighted by atomic mass is 9.97. The molecule has 0 aromatic carbocycles. The van der Waals surface area contributed by atoms with Crippen LogP contribution in [0.4, 0.5) is 0 Å². The van der Waals surface area contributed by atoms with Gasteiger partial charge in [0, 0.05) is 0 Å². The first-order valence-electron chi connectivity index (χ1n) is 4.03. The average molecular weight is 170 g/mol. The third-order valence-corrected chi connectivity index (χ3v) is 2.12. The molecule has 3 nitrogen and oxygen atoms in total. The lowest BCUT2D eigenvalue weighted by Crippen LogP contribution is -2.58. The van der Waals surface area contributed by atoms with E-state index < -0.39 is 5.66 Å². The molecule has 0 rings (SSSR count). The van der Waals surface area contributed by atoms with Crippen LogP contribution in [-0.2, 0) is 4.79 Å². The Labute approximate surface area is 74.2 Å². The van der Waals surface area contributed by atoms with Crippen LogP contribution in [0.5, 0.6) is 0 Å². The largest absolute Gasteiger partial charge is 0.307 e. The molecule has 0 heterocycles. The van der Waals surface area contributed by atoms with E-state index in [1.807, 2.05) is 6.92 Å². The lowest BCUT2D eigenvalue weighted by Gasteiger charge is -2.33. The zero-order valence-electron chi connectivity index (χ0n) is 8.35. The quantitative estimate of drug-likeness (QED) is 0.500. The van der Waals surface area contributed by atoms with Crippen LogP contribution in [0, 0.1) is 0 Å². The van der Waals surface area contributed by atoms with Gasteiger partial charge in [-0.05, 0) is 33.0 Å². The Morgan fingerprint density at radius 1 is 1.58 bits per heavy atom. The maximum Gasteiger partial charge on any atom is 0.192 e. The first-order chi connectivity index (χ1) is 5.36. The fourth-order valence-electron chi connectivity index (χ4n) is 1.05. The summed E-state index contributed by atoms with van der Waals surface area (Å²) < 4.78 is 0. The molecular weight excluding hydrogens is 152 g/mol. The van der Waals surface area contributed by atoms with Crippen LogP contribution in [0.25, 0.3) is 0 Å². The monoisotopic (exact) mass is 170 g/mol. The number of carbonyl (C=O) groups is 1. The van der Waals surface area contributed by atoms with Crippen molar-refractivity contribution in [2.24, 2.45) is 5.73 Å². The standard InChI is InChI=1S/C9H18N2O/c1-6-9(10,11(4)5)8(12)7(2)3/h2,6,10H2,1,3-5H3. The minimum absolute atomic E-state index is 0.0880. The maximum atomic E-state index is 11.6. The summed E-state index contributed by atoms with van der Waals surface area (Å²) in [5.74, 6) is -0.0880. The van der Waals surface area contributed by atoms with Gasteiger partial charge in [0.2, 0.25) is 0 Å². The molecule has 1 atom stereocenters. The van der Waals surface area contributed by atoms with Gasteiger partial charge in [0.15, 0.2) is 5.78 Å². The van der Waals surface area contributed by atoms with Crippen molar-refractivity contribution in [2.75, 3.05) is 14.1 Å². The molecule has 0 saturated heterocycles. The van der Waals surface area contributed by atoms with Crippen LogP contribution in [0.1, 0.15) is 20.3 Å². The van der Waals surface area contributed by atoms with Crippen LogP contribution in [0.15, 0.2) is 12.2 Å². The van der Waals surface area contributed by atoms with Gasteiger partial charge in [-0.2, -0.15) is 0 Å². The molecule has 0 aromatic heterocycles. The Balaban J connectivity index is 4.76. The Kier molecular flexibility index (Phi) is 3.61. The highest BCUT2D eigenvalue weighted by Crippen LogP contribution is 2.14. The molecule has 1 unspecified atom stereocenters. The number of hydrogen-bond acceptors (Lipinski definition) is 3. The Bertz CT molecular complexity index is 199. The highest BCUT2D eigenvalue weighted by atomic mass is 16.1. The first-order valence-corrected chi connectivity index (χ1v) is 4.03. The second kappa shape index (κ2) is 3.83. The summed E-state index contributed by atoms with van der Waals surface area (Å²) in [7, 11) is 3.59. The van der Waals surface area contributed by atoms with Crippen LogP contribution < -0.4 is 5.73 Å². The summed E-state index contributed by atoms with van der Waals surface area (Å²) >= 11 is 0. The molecule has 0 bridgehead atoms. The lowest BCUT2D eigenvalue weighted by molar-refractivity contribution is -0.125. The maximum absolute atomic E-state index is 11.6. The van der Waals surface area contributed by atoms with E-state index in [0.29, 0.717) is 12.0 Å². The van der Waals surface area contributed by atoms with Crippen LogP contribution in [0.3, 0.4) is 0 Å². The molecule has 0 aliphatic heterocycles. The number of rotatable bonds is 4. The van der Waals surface area contributed by atoms with E-state index in [2.05, 4.69) is 6.58 Å². The molecule has 0 spiro atoms. The molecule has 12 heavy (non-hydrogen) atoms. The molecule has 0 aromatic rings. The molecule has 2 N–H and O–H groups in total. The third-order valence-electron chi connectivity index (χ3n) is 2.12. The van der Waals surface area contributed by atoms with Crippen LogP contribution >= 0.6 is 0 Å². The van der Waals surface area contributed by atoms with Gasteiger partial charge in [0.1, 0.15) is 5.66 Å². The normalized spacial score (nSPS) is 15.8. The molecule has 0 aliphatic rings. The molecule has 0 aliphatic carbocycles. The molecule has 0 radical (unpaired) electrons. The highest BCUT2D eigenvalue weighted by molar-refractivity contribution is 6.01. The summed E-state index contributed by atoms with van der Waals surface area (Å²) in [4.78, 5) is 13.3. The van der Waals surface area contributed by atoms with Gasteiger partial charge in [0.05, 0.1) is 0 Å².